The van der Waals surface area contributed by atoms with Gasteiger partial charge >= 0.3 is 41.5 Å². The van der Waals surface area contributed by atoms with E-state index in [1.807, 2.05) is 0 Å². The normalized spacial score (nSPS) is 10.7. The van der Waals surface area contributed by atoms with Crippen LogP contribution >= 0.6 is 0 Å². The van der Waals surface area contributed by atoms with Crippen molar-refractivity contribution in [1.29, 1.82) is 0 Å². The molecule has 0 atom stereocenters. The number of hydrogen-bond acceptors (Lipinski definition) is 6. The minimum atomic E-state index is -1.46. The number of hydrogen-bond donors (Lipinski definition) is 4. The Morgan fingerprint density at radius 2 is 0.612 bits per heavy atom. The van der Waals surface area contributed by atoms with Crippen molar-refractivity contribution >= 4 is 53.1 Å². The Labute approximate surface area is 324 Å². The van der Waals surface area contributed by atoms with E-state index in [1.165, 1.54) is 128 Å². The summed E-state index contributed by atoms with van der Waals surface area (Å²) in [6, 6.07) is 0. The molecule has 0 saturated carbocycles. The van der Waals surface area contributed by atoms with Gasteiger partial charge in [-0.1, -0.05) is 182 Å². The topological polar surface area (TPSA) is 161 Å². The summed E-state index contributed by atoms with van der Waals surface area (Å²) < 4.78 is 0. The first-order valence-electron chi connectivity index (χ1n) is 20.1. The van der Waals surface area contributed by atoms with Gasteiger partial charge < -0.3 is 21.7 Å². The molecule has 0 rings (SSSR count). The zero-order valence-corrected chi connectivity index (χ0v) is 32.1. The van der Waals surface area contributed by atoms with Crippen LogP contribution in [0, 0.1) is 0 Å². The summed E-state index contributed by atoms with van der Waals surface area (Å²) in [6.45, 7) is 7.66. The Balaban J connectivity index is -0.000000798. The van der Waals surface area contributed by atoms with E-state index in [9.17, 15) is 19.2 Å². The van der Waals surface area contributed by atoms with Gasteiger partial charge in [-0.2, -0.15) is 0 Å². The van der Waals surface area contributed by atoms with Crippen molar-refractivity contribution in [2.24, 2.45) is 11.5 Å². The molecule has 0 radical (unpaired) electrons. The van der Waals surface area contributed by atoms with Crippen LogP contribution in [0.4, 0.5) is 0 Å². The molecule has 0 aliphatic heterocycles. The van der Waals surface area contributed by atoms with E-state index in [0.29, 0.717) is 12.8 Å². The van der Waals surface area contributed by atoms with E-state index in [0.717, 1.165) is 38.5 Å². The molecule has 288 valence electrons. The van der Waals surface area contributed by atoms with Crippen molar-refractivity contribution in [2.75, 3.05) is 6.54 Å². The third-order valence-electron chi connectivity index (χ3n) is 8.94. The first-order valence-corrected chi connectivity index (χ1v) is 20.1. The number of Topliss-reactive ketones (excluding diaryl/α,β-unsaturated/α-hetero) is 2. The fraction of sp³-hybridized carbons (Fsp3) is 0.900. The number of carboxylic acid groups (broad SMARTS) is 2. The van der Waals surface area contributed by atoms with Crippen molar-refractivity contribution in [1.82, 2.24) is 0 Å². The molecule has 0 aromatic rings. The Bertz CT molecular complexity index is 694. The van der Waals surface area contributed by atoms with Crippen LogP contribution in [-0.2, 0) is 19.2 Å². The first-order chi connectivity index (χ1) is 23.1. The Hall–Kier alpha value is -0.800. The second-order valence-corrected chi connectivity index (χ2v) is 13.5. The molecule has 49 heavy (non-hydrogen) atoms. The number of aliphatic carboxylic acids is 2. The number of ketones is 2. The minimum absolute atomic E-state index is 0. The number of nitrogens with two attached hydrogens (primary N) is 2. The summed E-state index contributed by atoms with van der Waals surface area (Å²) in [5.41, 5.74) is 10.6. The molecule has 6 N–H and O–H groups in total. The van der Waals surface area contributed by atoms with Gasteiger partial charge in [-0.25, -0.2) is 0 Å². The molecule has 8 nitrogen and oxygen atoms in total. The summed E-state index contributed by atoms with van der Waals surface area (Å²) in [5, 5.41) is 15.4. The molecule has 0 heterocycles. The molecule has 0 fully saturated rings. The predicted octanol–water partition coefficient (Wildman–Crippen LogP) is 10.1. The maximum absolute atomic E-state index is 12.7. The van der Waals surface area contributed by atoms with Crippen molar-refractivity contribution in [3.63, 3.8) is 0 Å². The standard InChI is InChI=1S/C34H68N2O2.2C3H6O2.Na.H/c1-3-5-7-9-11-13-15-17-19-21-23-25-27-29-32(37)34(36,31-35)33(38)30-28-26-24-22-20-18-16-14-12-10-8-6-4-2;2*1-2-3(4)5;;/h3-31,35-36H2,1-2H3;2*2H2,1H3,(H,4,5);;. The Morgan fingerprint density at radius 3 is 0.776 bits per heavy atom. The summed E-state index contributed by atoms with van der Waals surface area (Å²) in [5.74, 6) is -1.79. The fourth-order valence-corrected chi connectivity index (χ4v) is 5.44. The molecule has 0 saturated heterocycles. The number of carboxylic acids is 2. The molecule has 0 aromatic carbocycles. The molecular formula is C40H81N2NaO6. The molecular weight excluding hydrogens is 627 g/mol. The third kappa shape index (κ3) is 41.5. The summed E-state index contributed by atoms with van der Waals surface area (Å²) in [4.78, 5) is 44.2. The average molecular weight is 709 g/mol. The summed E-state index contributed by atoms with van der Waals surface area (Å²) in [6.07, 6.45) is 34.3. The van der Waals surface area contributed by atoms with Crippen LogP contribution < -0.4 is 11.5 Å². The quantitative estimate of drug-likeness (QED) is 0.0298. The van der Waals surface area contributed by atoms with E-state index in [4.69, 9.17) is 21.7 Å². The molecule has 0 bridgehead atoms. The van der Waals surface area contributed by atoms with E-state index in [2.05, 4.69) is 13.8 Å². The van der Waals surface area contributed by atoms with E-state index in [-0.39, 0.29) is 60.5 Å². The SMILES string of the molecule is CCC(=O)O.CCC(=O)O.CCCCCCCCCCCCCCCC(=O)C(N)(CN)C(=O)CCCCCCCCCCCCCCC.[NaH]. The summed E-state index contributed by atoms with van der Waals surface area (Å²) in [7, 11) is 0. The van der Waals surface area contributed by atoms with Crippen molar-refractivity contribution in [3.8, 4) is 0 Å². The maximum atomic E-state index is 12.7. The summed E-state index contributed by atoms with van der Waals surface area (Å²) >= 11 is 0. The second kappa shape index (κ2) is 43.4. The zero-order chi connectivity index (χ0) is 36.7. The fourth-order valence-electron chi connectivity index (χ4n) is 5.44. The monoisotopic (exact) mass is 709 g/mol. The van der Waals surface area contributed by atoms with Gasteiger partial charge in [0.05, 0.1) is 0 Å². The number of carbonyl (C=O) groups excluding carboxylic acids is 2. The van der Waals surface area contributed by atoms with Gasteiger partial charge in [0.25, 0.3) is 0 Å². The van der Waals surface area contributed by atoms with Crippen LogP contribution in [0.2, 0.25) is 0 Å². The van der Waals surface area contributed by atoms with Crippen LogP contribution in [0.25, 0.3) is 0 Å². The van der Waals surface area contributed by atoms with E-state index >= 15 is 0 Å². The van der Waals surface area contributed by atoms with Gasteiger partial charge in [0.15, 0.2) is 11.6 Å². The predicted molar refractivity (Wildman–Crippen MR) is 210 cm³/mol. The van der Waals surface area contributed by atoms with Crippen LogP contribution in [-0.4, -0.2) is 75.4 Å². The van der Waals surface area contributed by atoms with Crippen LogP contribution in [0.5, 0.6) is 0 Å². The van der Waals surface area contributed by atoms with Crippen LogP contribution in [0.1, 0.15) is 220 Å². The Kier molecular flexibility index (Phi) is 48.6. The van der Waals surface area contributed by atoms with Gasteiger partial charge in [0, 0.05) is 32.2 Å². The second-order valence-electron chi connectivity index (χ2n) is 13.5. The van der Waals surface area contributed by atoms with Crippen LogP contribution in [0.15, 0.2) is 0 Å². The molecule has 0 aromatic heterocycles. The van der Waals surface area contributed by atoms with Gasteiger partial charge in [-0.05, 0) is 12.8 Å². The van der Waals surface area contributed by atoms with E-state index in [1.54, 1.807) is 13.8 Å². The van der Waals surface area contributed by atoms with Gasteiger partial charge in [-0.3, -0.25) is 19.2 Å². The van der Waals surface area contributed by atoms with Crippen LogP contribution in [0.3, 0.4) is 0 Å². The first kappa shape index (κ1) is 55.0. The van der Waals surface area contributed by atoms with Crippen molar-refractivity contribution < 1.29 is 29.4 Å². The zero-order valence-electron chi connectivity index (χ0n) is 32.1. The number of rotatable bonds is 33. The van der Waals surface area contributed by atoms with Crippen molar-refractivity contribution in [3.05, 3.63) is 0 Å². The molecule has 0 aliphatic carbocycles. The molecule has 0 unspecified atom stereocenters. The third-order valence-corrected chi connectivity index (χ3v) is 8.94. The van der Waals surface area contributed by atoms with Gasteiger partial charge in [0.1, 0.15) is 5.54 Å². The molecule has 0 aliphatic rings. The van der Waals surface area contributed by atoms with E-state index < -0.39 is 17.5 Å². The van der Waals surface area contributed by atoms with Gasteiger partial charge in [0.2, 0.25) is 0 Å². The number of carbonyl (C=O) groups is 4. The van der Waals surface area contributed by atoms with Gasteiger partial charge in [-0.15, -0.1) is 0 Å². The molecule has 0 spiro atoms. The molecule has 0 amide bonds. The van der Waals surface area contributed by atoms with Crippen molar-refractivity contribution in [2.45, 2.75) is 226 Å². The Morgan fingerprint density at radius 1 is 0.429 bits per heavy atom. The molecule has 9 heteroatoms. The average Bonchev–Trinajstić information content (AvgIpc) is 3.08. The number of unbranched alkanes of at least 4 members (excludes halogenated alkanes) is 24.